The van der Waals surface area contributed by atoms with E-state index in [-0.39, 0.29) is 22.5 Å². The standard InChI is InChI=1S/C21H18Cl2N4O5/c1-11-18(25-26-27(11)10-12-4-7-16(22)17(23)8-12)19(28)24-13-5-6-14(20(29)31-2)15(9-13)21(30)32-3/h4-9H,10H2,1-3H3,(H,24,28). The molecule has 0 saturated heterocycles. The molecule has 1 heterocycles. The molecule has 0 saturated carbocycles. The van der Waals surface area contributed by atoms with E-state index >= 15 is 0 Å². The van der Waals surface area contributed by atoms with Gasteiger partial charge in [0.15, 0.2) is 5.69 Å². The van der Waals surface area contributed by atoms with E-state index in [9.17, 15) is 14.4 Å². The Morgan fingerprint density at radius 2 is 1.66 bits per heavy atom. The van der Waals surface area contributed by atoms with Crippen LogP contribution in [0.25, 0.3) is 0 Å². The predicted octanol–water partition coefficient (Wildman–Crippen LogP) is 3.77. The van der Waals surface area contributed by atoms with Crippen LogP contribution in [0, 0.1) is 6.92 Å². The number of hydrogen-bond acceptors (Lipinski definition) is 7. The first kappa shape index (κ1) is 23.2. The minimum Gasteiger partial charge on any atom is -0.465 e. The van der Waals surface area contributed by atoms with Crippen LogP contribution in [0.1, 0.15) is 42.5 Å². The van der Waals surface area contributed by atoms with Crippen LogP contribution < -0.4 is 5.32 Å². The van der Waals surface area contributed by atoms with E-state index in [1.54, 1.807) is 29.8 Å². The van der Waals surface area contributed by atoms with Crippen molar-refractivity contribution in [2.75, 3.05) is 19.5 Å². The molecule has 0 atom stereocenters. The average Bonchev–Trinajstić information content (AvgIpc) is 3.15. The zero-order valence-electron chi connectivity index (χ0n) is 17.3. The molecule has 0 aliphatic heterocycles. The van der Waals surface area contributed by atoms with Gasteiger partial charge in [-0.25, -0.2) is 14.3 Å². The summed E-state index contributed by atoms with van der Waals surface area (Å²) in [5.41, 5.74) is 1.69. The molecule has 0 aliphatic carbocycles. The van der Waals surface area contributed by atoms with E-state index < -0.39 is 17.8 Å². The summed E-state index contributed by atoms with van der Waals surface area (Å²) in [7, 11) is 2.38. The molecule has 0 bridgehead atoms. The third kappa shape index (κ3) is 4.90. The largest absolute Gasteiger partial charge is 0.465 e. The number of methoxy groups -OCH3 is 2. The zero-order valence-corrected chi connectivity index (χ0v) is 18.8. The summed E-state index contributed by atoms with van der Waals surface area (Å²) in [6, 6.07) is 9.34. The van der Waals surface area contributed by atoms with Gasteiger partial charge in [0.05, 0.1) is 47.6 Å². The SMILES string of the molecule is COC(=O)c1ccc(NC(=O)c2nnn(Cc3ccc(Cl)c(Cl)c3)c2C)cc1C(=O)OC. The summed E-state index contributed by atoms with van der Waals surface area (Å²) >= 11 is 12.0. The van der Waals surface area contributed by atoms with Gasteiger partial charge < -0.3 is 14.8 Å². The van der Waals surface area contributed by atoms with Crippen LogP contribution in [0.5, 0.6) is 0 Å². The molecule has 0 radical (unpaired) electrons. The number of benzene rings is 2. The van der Waals surface area contributed by atoms with Crippen LogP contribution in [0.3, 0.4) is 0 Å². The Hall–Kier alpha value is -3.43. The van der Waals surface area contributed by atoms with E-state index in [0.717, 1.165) is 5.56 Å². The minimum absolute atomic E-state index is 0.0149. The fourth-order valence-corrected chi connectivity index (χ4v) is 3.23. The van der Waals surface area contributed by atoms with Crippen molar-refractivity contribution in [3.63, 3.8) is 0 Å². The summed E-state index contributed by atoms with van der Waals surface area (Å²) in [6.45, 7) is 2.04. The summed E-state index contributed by atoms with van der Waals surface area (Å²) in [5.74, 6) is -1.99. The van der Waals surface area contributed by atoms with Crippen molar-refractivity contribution in [2.24, 2.45) is 0 Å². The van der Waals surface area contributed by atoms with E-state index in [4.69, 9.17) is 27.9 Å². The van der Waals surface area contributed by atoms with Gasteiger partial charge in [-0.15, -0.1) is 5.10 Å². The molecule has 166 valence electrons. The number of anilines is 1. The molecule has 11 heteroatoms. The van der Waals surface area contributed by atoms with Crippen molar-refractivity contribution in [1.29, 1.82) is 0 Å². The van der Waals surface area contributed by atoms with Crippen LogP contribution in [0.2, 0.25) is 10.0 Å². The molecule has 0 fully saturated rings. The second-order valence-electron chi connectivity index (χ2n) is 6.63. The Bertz CT molecular complexity index is 1210. The Labute approximate surface area is 193 Å². The van der Waals surface area contributed by atoms with Gasteiger partial charge >= 0.3 is 11.9 Å². The fraction of sp³-hybridized carbons (Fsp3) is 0.190. The predicted molar refractivity (Wildman–Crippen MR) is 117 cm³/mol. The smallest absolute Gasteiger partial charge is 0.338 e. The molecule has 0 spiro atoms. The Morgan fingerprint density at radius 1 is 0.969 bits per heavy atom. The lowest BCUT2D eigenvalue weighted by molar-refractivity contribution is 0.0555. The number of rotatable bonds is 6. The number of carbonyl (C=O) groups is 3. The molecule has 9 nitrogen and oxygen atoms in total. The highest BCUT2D eigenvalue weighted by Gasteiger charge is 2.21. The highest BCUT2D eigenvalue weighted by Crippen LogP contribution is 2.23. The number of carbonyl (C=O) groups excluding carboxylic acids is 3. The highest BCUT2D eigenvalue weighted by atomic mass is 35.5. The third-order valence-corrected chi connectivity index (χ3v) is 5.34. The first-order chi connectivity index (χ1) is 15.2. The van der Waals surface area contributed by atoms with E-state index in [0.29, 0.717) is 22.3 Å². The van der Waals surface area contributed by atoms with Crippen molar-refractivity contribution in [3.05, 3.63) is 74.5 Å². The number of hydrogen-bond donors (Lipinski definition) is 1. The first-order valence-corrected chi connectivity index (χ1v) is 9.96. The van der Waals surface area contributed by atoms with Crippen molar-refractivity contribution in [3.8, 4) is 0 Å². The number of nitrogens with one attached hydrogen (secondary N) is 1. The van der Waals surface area contributed by atoms with Crippen LogP contribution in [0.15, 0.2) is 36.4 Å². The number of ether oxygens (including phenoxy) is 2. The van der Waals surface area contributed by atoms with E-state index in [1.807, 2.05) is 0 Å². The first-order valence-electron chi connectivity index (χ1n) is 9.21. The lowest BCUT2D eigenvalue weighted by Crippen LogP contribution is -2.16. The van der Waals surface area contributed by atoms with Crippen LogP contribution in [0.4, 0.5) is 5.69 Å². The van der Waals surface area contributed by atoms with Crippen molar-refractivity contribution < 1.29 is 23.9 Å². The number of amides is 1. The Kier molecular flexibility index (Phi) is 7.12. The fourth-order valence-electron chi connectivity index (χ4n) is 2.91. The number of nitrogens with zero attached hydrogens (tertiary/aromatic N) is 3. The summed E-state index contributed by atoms with van der Waals surface area (Å²) in [4.78, 5) is 36.7. The molecule has 3 aromatic rings. The molecule has 32 heavy (non-hydrogen) atoms. The molecule has 1 N–H and O–H groups in total. The van der Waals surface area contributed by atoms with Crippen LogP contribution in [-0.4, -0.2) is 47.1 Å². The number of aromatic nitrogens is 3. The van der Waals surface area contributed by atoms with E-state index in [1.165, 1.54) is 32.4 Å². The van der Waals surface area contributed by atoms with Gasteiger partial charge in [0, 0.05) is 5.69 Å². The quantitative estimate of drug-likeness (QED) is 0.538. The number of halogens is 2. The van der Waals surface area contributed by atoms with Gasteiger partial charge in [-0.05, 0) is 42.8 Å². The highest BCUT2D eigenvalue weighted by molar-refractivity contribution is 6.42. The molecule has 1 amide bonds. The molecule has 0 unspecified atom stereocenters. The van der Waals surface area contributed by atoms with Gasteiger partial charge in [-0.1, -0.05) is 34.5 Å². The van der Waals surface area contributed by atoms with Crippen molar-refractivity contribution >= 4 is 46.7 Å². The average molecular weight is 477 g/mol. The van der Waals surface area contributed by atoms with Gasteiger partial charge in [0.25, 0.3) is 5.91 Å². The second-order valence-corrected chi connectivity index (χ2v) is 7.44. The maximum Gasteiger partial charge on any atom is 0.338 e. The van der Waals surface area contributed by atoms with Gasteiger partial charge in [-0.2, -0.15) is 0 Å². The summed E-state index contributed by atoms with van der Waals surface area (Å²) in [5, 5.41) is 11.5. The summed E-state index contributed by atoms with van der Waals surface area (Å²) < 4.78 is 10.9. The summed E-state index contributed by atoms with van der Waals surface area (Å²) in [6.07, 6.45) is 0. The van der Waals surface area contributed by atoms with Crippen molar-refractivity contribution in [1.82, 2.24) is 15.0 Å². The molecule has 3 rings (SSSR count). The second kappa shape index (κ2) is 9.80. The Morgan fingerprint density at radius 3 is 2.31 bits per heavy atom. The Balaban J connectivity index is 1.82. The maximum absolute atomic E-state index is 12.8. The van der Waals surface area contributed by atoms with Crippen LogP contribution >= 0.6 is 23.2 Å². The van der Waals surface area contributed by atoms with Crippen molar-refractivity contribution in [2.45, 2.75) is 13.5 Å². The van der Waals surface area contributed by atoms with Gasteiger partial charge in [0.2, 0.25) is 0 Å². The minimum atomic E-state index is -0.745. The van der Waals surface area contributed by atoms with Crippen LogP contribution in [-0.2, 0) is 16.0 Å². The number of esters is 2. The normalized spacial score (nSPS) is 10.5. The van der Waals surface area contributed by atoms with E-state index in [2.05, 4.69) is 20.4 Å². The molecule has 2 aromatic carbocycles. The maximum atomic E-state index is 12.8. The molecular formula is C21H18Cl2N4O5. The lowest BCUT2D eigenvalue weighted by Gasteiger charge is -2.10. The molecule has 0 aliphatic rings. The topological polar surface area (TPSA) is 112 Å². The molecule has 1 aromatic heterocycles. The van der Waals surface area contributed by atoms with Gasteiger partial charge in [-0.3, -0.25) is 4.79 Å². The van der Waals surface area contributed by atoms with Gasteiger partial charge in [0.1, 0.15) is 0 Å². The molecular weight excluding hydrogens is 459 g/mol. The lowest BCUT2D eigenvalue weighted by atomic mass is 10.1. The zero-order chi connectivity index (χ0) is 23.4. The monoisotopic (exact) mass is 476 g/mol. The third-order valence-electron chi connectivity index (χ3n) is 4.60.